The van der Waals surface area contributed by atoms with Gasteiger partial charge in [-0.25, -0.2) is 0 Å². The Morgan fingerprint density at radius 1 is 1.00 bits per heavy atom. The van der Waals surface area contributed by atoms with E-state index in [1.54, 1.807) is 0 Å². The second kappa shape index (κ2) is 4.81. The molecule has 0 rings (SSSR count). The summed E-state index contributed by atoms with van der Waals surface area (Å²) in [7, 11) is 0. The van der Waals surface area contributed by atoms with Crippen molar-refractivity contribution in [2.45, 2.75) is 66.3 Å². The first-order valence-electron chi connectivity index (χ1n) is 5.64. The maximum Gasteiger partial charge on any atom is 0.225 e. The third-order valence-corrected chi connectivity index (χ3v) is 3.09. The van der Waals surface area contributed by atoms with E-state index in [0.717, 1.165) is 19.3 Å². The monoisotopic (exact) mass is 199 g/mol. The van der Waals surface area contributed by atoms with Crippen LogP contribution in [0.3, 0.4) is 0 Å². The van der Waals surface area contributed by atoms with Crippen LogP contribution in [-0.2, 0) is 4.79 Å². The van der Waals surface area contributed by atoms with Gasteiger partial charge in [0.25, 0.3) is 0 Å². The molecule has 0 saturated carbocycles. The van der Waals surface area contributed by atoms with Crippen molar-refractivity contribution in [1.82, 2.24) is 5.32 Å². The van der Waals surface area contributed by atoms with Crippen molar-refractivity contribution in [3.8, 4) is 0 Å². The molecule has 2 nitrogen and oxygen atoms in total. The molecule has 14 heavy (non-hydrogen) atoms. The molecular formula is C12H25NO. The minimum absolute atomic E-state index is 0.00433. The highest BCUT2D eigenvalue weighted by Crippen LogP contribution is 2.22. The van der Waals surface area contributed by atoms with E-state index in [2.05, 4.69) is 26.1 Å². The lowest BCUT2D eigenvalue weighted by Gasteiger charge is -2.34. The normalized spacial score (nSPS) is 12.7. The third-order valence-electron chi connectivity index (χ3n) is 3.09. The Labute approximate surface area is 88.5 Å². The maximum absolute atomic E-state index is 11.8. The second-order valence-corrected chi connectivity index (χ2v) is 5.05. The lowest BCUT2D eigenvalue weighted by molar-refractivity contribution is -0.130. The fourth-order valence-electron chi connectivity index (χ4n) is 1.44. The lowest BCUT2D eigenvalue weighted by atomic mass is 9.87. The van der Waals surface area contributed by atoms with Gasteiger partial charge in [0, 0.05) is 11.0 Å². The highest BCUT2D eigenvalue weighted by Gasteiger charge is 2.30. The van der Waals surface area contributed by atoms with Gasteiger partial charge in [-0.3, -0.25) is 4.79 Å². The van der Waals surface area contributed by atoms with Crippen LogP contribution in [0.2, 0.25) is 0 Å². The summed E-state index contributed by atoms with van der Waals surface area (Å²) in [4.78, 5) is 11.8. The van der Waals surface area contributed by atoms with Crippen molar-refractivity contribution in [3.05, 3.63) is 0 Å². The van der Waals surface area contributed by atoms with Crippen LogP contribution in [0.5, 0.6) is 0 Å². The molecule has 0 fully saturated rings. The van der Waals surface area contributed by atoms with Crippen molar-refractivity contribution < 1.29 is 4.79 Å². The lowest BCUT2D eigenvalue weighted by Crippen LogP contribution is -2.50. The van der Waals surface area contributed by atoms with Gasteiger partial charge in [0.2, 0.25) is 5.91 Å². The van der Waals surface area contributed by atoms with Crippen LogP contribution >= 0.6 is 0 Å². The van der Waals surface area contributed by atoms with E-state index in [-0.39, 0.29) is 16.9 Å². The topological polar surface area (TPSA) is 29.1 Å². The standard InChI is InChI=1S/C12H25NO/c1-7-12(8-2,9-3)13-10(14)11(4,5)6/h7-9H2,1-6H3,(H,13,14). The van der Waals surface area contributed by atoms with Crippen LogP contribution in [0.25, 0.3) is 0 Å². The highest BCUT2D eigenvalue weighted by molar-refractivity contribution is 5.82. The largest absolute Gasteiger partial charge is 0.350 e. The van der Waals surface area contributed by atoms with Gasteiger partial charge in [0.1, 0.15) is 0 Å². The molecule has 0 saturated heterocycles. The summed E-state index contributed by atoms with van der Waals surface area (Å²) in [6, 6.07) is 0. The number of carbonyl (C=O) groups is 1. The fraction of sp³-hybridized carbons (Fsp3) is 0.917. The Bertz CT molecular complexity index is 179. The molecule has 0 aromatic carbocycles. The van der Waals surface area contributed by atoms with Crippen molar-refractivity contribution >= 4 is 5.91 Å². The SMILES string of the molecule is CCC(CC)(CC)NC(=O)C(C)(C)C. The summed E-state index contributed by atoms with van der Waals surface area (Å²) in [5.41, 5.74) is -0.283. The minimum Gasteiger partial charge on any atom is -0.350 e. The van der Waals surface area contributed by atoms with E-state index in [9.17, 15) is 4.79 Å². The van der Waals surface area contributed by atoms with Crippen molar-refractivity contribution in [2.75, 3.05) is 0 Å². The molecule has 0 aromatic heterocycles. The van der Waals surface area contributed by atoms with Gasteiger partial charge >= 0.3 is 0 Å². The van der Waals surface area contributed by atoms with Gasteiger partial charge in [0.15, 0.2) is 0 Å². The first-order chi connectivity index (χ1) is 6.31. The number of amides is 1. The second-order valence-electron chi connectivity index (χ2n) is 5.05. The summed E-state index contributed by atoms with van der Waals surface area (Å²) in [5, 5.41) is 3.18. The number of carbonyl (C=O) groups excluding carboxylic acids is 1. The van der Waals surface area contributed by atoms with E-state index in [0.29, 0.717) is 0 Å². The van der Waals surface area contributed by atoms with Crippen LogP contribution in [0.1, 0.15) is 60.8 Å². The molecule has 0 unspecified atom stereocenters. The third kappa shape index (κ3) is 3.32. The summed E-state index contributed by atoms with van der Waals surface area (Å²) in [6.45, 7) is 12.3. The molecule has 0 spiro atoms. The molecule has 1 N–H and O–H groups in total. The number of nitrogens with one attached hydrogen (secondary N) is 1. The molecular weight excluding hydrogens is 174 g/mol. The predicted octanol–water partition coefficient (Wildman–Crippen LogP) is 3.12. The van der Waals surface area contributed by atoms with Gasteiger partial charge in [-0.1, -0.05) is 41.5 Å². The Kier molecular flexibility index (Phi) is 4.63. The Hall–Kier alpha value is -0.530. The molecule has 0 atom stereocenters. The zero-order valence-electron chi connectivity index (χ0n) is 10.5. The van der Waals surface area contributed by atoms with E-state index in [1.165, 1.54) is 0 Å². The molecule has 0 aliphatic carbocycles. The fourth-order valence-corrected chi connectivity index (χ4v) is 1.44. The summed E-state index contributed by atoms with van der Waals surface area (Å²) in [6.07, 6.45) is 3.01. The first kappa shape index (κ1) is 13.5. The molecule has 2 heteroatoms. The molecule has 0 bridgehead atoms. The maximum atomic E-state index is 11.8. The van der Waals surface area contributed by atoms with Gasteiger partial charge in [-0.2, -0.15) is 0 Å². The Morgan fingerprint density at radius 2 is 1.36 bits per heavy atom. The zero-order valence-corrected chi connectivity index (χ0v) is 10.5. The van der Waals surface area contributed by atoms with E-state index in [4.69, 9.17) is 0 Å². The van der Waals surface area contributed by atoms with Crippen LogP contribution in [0, 0.1) is 5.41 Å². The summed E-state index contributed by atoms with van der Waals surface area (Å²) in [5.74, 6) is 0.156. The van der Waals surface area contributed by atoms with Crippen LogP contribution < -0.4 is 5.32 Å². The molecule has 1 amide bonds. The van der Waals surface area contributed by atoms with Gasteiger partial charge in [0.05, 0.1) is 0 Å². The van der Waals surface area contributed by atoms with Crippen molar-refractivity contribution in [2.24, 2.45) is 5.41 Å². The zero-order chi connectivity index (χ0) is 11.4. The number of hydrogen-bond donors (Lipinski definition) is 1. The smallest absolute Gasteiger partial charge is 0.225 e. The van der Waals surface area contributed by atoms with Crippen molar-refractivity contribution in [1.29, 1.82) is 0 Å². The molecule has 0 radical (unpaired) electrons. The van der Waals surface area contributed by atoms with Crippen LogP contribution in [-0.4, -0.2) is 11.4 Å². The molecule has 0 aromatic rings. The Balaban J connectivity index is 4.54. The molecule has 0 aliphatic rings. The summed E-state index contributed by atoms with van der Waals surface area (Å²) >= 11 is 0. The summed E-state index contributed by atoms with van der Waals surface area (Å²) < 4.78 is 0. The molecule has 0 aliphatic heterocycles. The van der Waals surface area contributed by atoms with Crippen molar-refractivity contribution in [3.63, 3.8) is 0 Å². The average Bonchev–Trinajstić information content (AvgIpc) is 2.12. The van der Waals surface area contributed by atoms with E-state index in [1.807, 2.05) is 20.8 Å². The van der Waals surface area contributed by atoms with Crippen LogP contribution in [0.4, 0.5) is 0 Å². The molecule has 84 valence electrons. The van der Waals surface area contributed by atoms with Gasteiger partial charge in [-0.15, -0.1) is 0 Å². The van der Waals surface area contributed by atoms with Crippen LogP contribution in [0.15, 0.2) is 0 Å². The highest BCUT2D eigenvalue weighted by atomic mass is 16.2. The Morgan fingerprint density at radius 3 is 1.57 bits per heavy atom. The number of hydrogen-bond acceptors (Lipinski definition) is 1. The van der Waals surface area contributed by atoms with E-state index < -0.39 is 0 Å². The van der Waals surface area contributed by atoms with E-state index >= 15 is 0 Å². The van der Waals surface area contributed by atoms with Gasteiger partial charge < -0.3 is 5.32 Å². The quantitative estimate of drug-likeness (QED) is 0.740. The van der Waals surface area contributed by atoms with Gasteiger partial charge in [-0.05, 0) is 19.3 Å². The molecule has 0 heterocycles. The minimum atomic E-state index is -0.287. The first-order valence-corrected chi connectivity index (χ1v) is 5.64. The number of rotatable bonds is 4. The predicted molar refractivity (Wildman–Crippen MR) is 61.2 cm³/mol. The average molecular weight is 199 g/mol.